The zero-order chi connectivity index (χ0) is 9.11. The predicted molar refractivity (Wildman–Crippen MR) is 53.4 cm³/mol. The molecular formula is C11H18. The van der Waals surface area contributed by atoms with Crippen LogP contribution in [0, 0.1) is 12.3 Å². The molecule has 0 aliphatic carbocycles. The van der Waals surface area contributed by atoms with Crippen LogP contribution in [0.5, 0.6) is 0 Å². The Kier molecular flexibility index (Phi) is 13.6. The van der Waals surface area contributed by atoms with E-state index >= 15 is 0 Å². The maximum atomic E-state index is 4.60. The highest BCUT2D eigenvalue weighted by Gasteiger charge is 1.72. The molecule has 0 heteroatoms. The lowest BCUT2D eigenvalue weighted by Crippen LogP contribution is -1.62. The minimum atomic E-state index is 1.13. The van der Waals surface area contributed by atoms with Crippen LogP contribution >= 0.6 is 0 Å². The van der Waals surface area contributed by atoms with E-state index in [-0.39, 0.29) is 0 Å². The molecule has 0 aliphatic rings. The number of hydrogen-bond acceptors (Lipinski definition) is 0. The smallest absolute Gasteiger partial charge is 0.00297 e. The fourth-order valence-corrected chi connectivity index (χ4v) is 0.400. The van der Waals surface area contributed by atoms with Gasteiger partial charge < -0.3 is 0 Å². The van der Waals surface area contributed by atoms with Crippen LogP contribution in [0.4, 0.5) is 0 Å². The summed E-state index contributed by atoms with van der Waals surface area (Å²) in [6.45, 7) is 7.95. The molecule has 0 heterocycles. The van der Waals surface area contributed by atoms with Gasteiger partial charge in [0.05, 0.1) is 0 Å². The average molecular weight is 150 g/mol. The van der Waals surface area contributed by atoms with Crippen molar-refractivity contribution in [3.8, 4) is 12.3 Å². The summed E-state index contributed by atoms with van der Waals surface area (Å²) >= 11 is 0. The Balaban J connectivity index is 0. The summed E-state index contributed by atoms with van der Waals surface area (Å²) in [4.78, 5) is 0. The van der Waals surface area contributed by atoms with Crippen LogP contribution in [0.1, 0.15) is 34.1 Å². The molecule has 0 aromatic carbocycles. The molecule has 0 saturated heterocycles. The normalized spacial score (nSPS) is 10.3. The third-order valence-corrected chi connectivity index (χ3v) is 1.07. The lowest BCUT2D eigenvalue weighted by molar-refractivity contribution is 1.22. The van der Waals surface area contributed by atoms with Gasteiger partial charge in [-0.2, -0.15) is 0 Å². The summed E-state index contributed by atoms with van der Waals surface area (Å²) in [5.74, 6) is 2.25. The highest BCUT2D eigenvalue weighted by molar-refractivity contribution is 5.14. The number of allylic oxidation sites excluding steroid dienone is 4. The quantitative estimate of drug-likeness (QED) is 0.417. The monoisotopic (exact) mass is 150 g/mol. The van der Waals surface area contributed by atoms with Gasteiger partial charge in [-0.15, -0.1) is 12.3 Å². The maximum absolute atomic E-state index is 4.60. The summed E-state index contributed by atoms with van der Waals surface area (Å²) in [5, 5.41) is 0. The first-order valence-corrected chi connectivity index (χ1v) is 3.89. The fourth-order valence-electron chi connectivity index (χ4n) is 0.400. The van der Waals surface area contributed by atoms with Gasteiger partial charge in [-0.1, -0.05) is 30.7 Å². The molecule has 0 aliphatic heterocycles. The number of hydrogen-bond donors (Lipinski definition) is 0. The molecule has 0 unspecified atom stereocenters. The highest BCUT2D eigenvalue weighted by atomic mass is 13.8. The van der Waals surface area contributed by atoms with Crippen molar-refractivity contribution in [3.63, 3.8) is 0 Å². The molecular weight excluding hydrogens is 132 g/mol. The molecule has 0 atom stereocenters. The standard InChI is InChI=1S/C8H14.C3H4/c1-4-6-7-8(3)5-2;1-3-2/h5-7H,4H2,1-3H3;1H,2H3/b7-6-,8-5-;. The molecule has 0 nitrogen and oxygen atoms in total. The number of terminal acetylenes is 1. The molecule has 0 saturated carbocycles. The lowest BCUT2D eigenvalue weighted by atomic mass is 10.2. The second-order valence-corrected chi connectivity index (χ2v) is 2.13. The summed E-state index contributed by atoms with van der Waals surface area (Å²) in [7, 11) is 0. The van der Waals surface area contributed by atoms with Crippen LogP contribution in [0.3, 0.4) is 0 Å². The first-order valence-electron chi connectivity index (χ1n) is 3.89. The second kappa shape index (κ2) is 11.8. The molecule has 11 heavy (non-hydrogen) atoms. The van der Waals surface area contributed by atoms with Gasteiger partial charge in [0.15, 0.2) is 0 Å². The largest absolute Gasteiger partial charge is 0.120 e. The first kappa shape index (κ1) is 12.7. The molecule has 0 spiro atoms. The Hall–Kier alpha value is -0.960. The van der Waals surface area contributed by atoms with Gasteiger partial charge >= 0.3 is 0 Å². The third kappa shape index (κ3) is 17.6. The first-order chi connectivity index (χ1) is 5.22. The van der Waals surface area contributed by atoms with Crippen LogP contribution < -0.4 is 0 Å². The molecule has 0 aromatic rings. The molecule has 0 radical (unpaired) electrons. The van der Waals surface area contributed by atoms with Crippen molar-refractivity contribution >= 4 is 0 Å². The van der Waals surface area contributed by atoms with E-state index in [2.05, 4.69) is 51.3 Å². The topological polar surface area (TPSA) is 0 Å². The van der Waals surface area contributed by atoms with Crippen molar-refractivity contribution in [2.75, 3.05) is 0 Å². The Labute approximate surface area is 71.0 Å². The lowest BCUT2D eigenvalue weighted by Gasteiger charge is -1.84. The van der Waals surface area contributed by atoms with E-state index in [1.165, 1.54) is 5.57 Å². The van der Waals surface area contributed by atoms with E-state index in [0.29, 0.717) is 0 Å². The zero-order valence-corrected chi connectivity index (χ0v) is 8.02. The van der Waals surface area contributed by atoms with Crippen molar-refractivity contribution in [2.45, 2.75) is 34.1 Å². The minimum absolute atomic E-state index is 1.13. The Morgan fingerprint density at radius 2 is 2.00 bits per heavy atom. The Morgan fingerprint density at radius 3 is 2.27 bits per heavy atom. The molecule has 0 amide bonds. The van der Waals surface area contributed by atoms with Gasteiger partial charge in [0, 0.05) is 0 Å². The highest BCUT2D eigenvalue weighted by Crippen LogP contribution is 1.93. The molecule has 0 fully saturated rings. The Bertz CT molecular complexity index is 153. The van der Waals surface area contributed by atoms with Gasteiger partial charge in [-0.25, -0.2) is 0 Å². The van der Waals surface area contributed by atoms with Crippen LogP contribution in [-0.2, 0) is 0 Å². The van der Waals surface area contributed by atoms with Crippen molar-refractivity contribution in [2.24, 2.45) is 0 Å². The second-order valence-electron chi connectivity index (χ2n) is 2.13. The SMILES string of the molecule is C#CC.C/C=C(C)\C=C/CC. The van der Waals surface area contributed by atoms with Crippen molar-refractivity contribution in [3.05, 3.63) is 23.8 Å². The summed E-state index contributed by atoms with van der Waals surface area (Å²) in [5.41, 5.74) is 1.34. The van der Waals surface area contributed by atoms with E-state index in [9.17, 15) is 0 Å². The van der Waals surface area contributed by atoms with Gasteiger partial charge in [0.1, 0.15) is 0 Å². The van der Waals surface area contributed by atoms with Crippen LogP contribution in [0.15, 0.2) is 23.8 Å². The average Bonchev–Trinajstić information content (AvgIpc) is 2.02. The van der Waals surface area contributed by atoms with Gasteiger partial charge in [0.2, 0.25) is 0 Å². The van der Waals surface area contributed by atoms with Crippen LogP contribution in [0.2, 0.25) is 0 Å². The maximum Gasteiger partial charge on any atom is -0.00297 e. The summed E-state index contributed by atoms with van der Waals surface area (Å²) < 4.78 is 0. The molecule has 62 valence electrons. The van der Waals surface area contributed by atoms with Gasteiger partial charge in [-0.3, -0.25) is 0 Å². The van der Waals surface area contributed by atoms with Gasteiger partial charge in [0.25, 0.3) is 0 Å². The predicted octanol–water partition coefficient (Wildman–Crippen LogP) is 3.56. The van der Waals surface area contributed by atoms with E-state index < -0.39 is 0 Å². The zero-order valence-electron chi connectivity index (χ0n) is 8.02. The van der Waals surface area contributed by atoms with Gasteiger partial charge in [-0.05, 0) is 27.2 Å². The number of rotatable bonds is 2. The molecule has 0 rings (SSSR count). The fraction of sp³-hybridized carbons (Fsp3) is 0.455. The third-order valence-electron chi connectivity index (χ3n) is 1.07. The molecule has 0 N–H and O–H groups in total. The Morgan fingerprint density at radius 1 is 1.55 bits per heavy atom. The molecule has 0 aromatic heterocycles. The van der Waals surface area contributed by atoms with E-state index in [4.69, 9.17) is 0 Å². The van der Waals surface area contributed by atoms with Crippen LogP contribution in [0.25, 0.3) is 0 Å². The molecule has 0 bridgehead atoms. The van der Waals surface area contributed by atoms with Crippen LogP contribution in [-0.4, -0.2) is 0 Å². The van der Waals surface area contributed by atoms with Crippen molar-refractivity contribution in [1.29, 1.82) is 0 Å². The van der Waals surface area contributed by atoms with Crippen molar-refractivity contribution < 1.29 is 0 Å². The van der Waals surface area contributed by atoms with E-state index in [1.54, 1.807) is 6.92 Å². The summed E-state index contributed by atoms with van der Waals surface area (Å²) in [6.07, 6.45) is 12.1. The summed E-state index contributed by atoms with van der Waals surface area (Å²) in [6, 6.07) is 0. The van der Waals surface area contributed by atoms with Crippen molar-refractivity contribution in [1.82, 2.24) is 0 Å². The minimum Gasteiger partial charge on any atom is -0.120 e. The van der Waals surface area contributed by atoms with E-state index in [1.807, 2.05) is 0 Å². The van der Waals surface area contributed by atoms with E-state index in [0.717, 1.165) is 6.42 Å².